The number of sulfonamides is 2. The van der Waals surface area contributed by atoms with E-state index in [2.05, 4.69) is 5.32 Å². The molecule has 176 valence electrons. The third-order valence-electron chi connectivity index (χ3n) is 5.14. The smallest absolute Gasteiger partial charge is 0.242 e. The molecule has 0 bridgehead atoms. The molecule has 1 N–H and O–H groups in total. The van der Waals surface area contributed by atoms with E-state index in [9.17, 15) is 21.6 Å². The van der Waals surface area contributed by atoms with Gasteiger partial charge in [-0.2, -0.15) is 0 Å². The van der Waals surface area contributed by atoms with Gasteiger partial charge in [-0.25, -0.2) is 21.1 Å². The maximum absolute atomic E-state index is 12.3. The molecule has 0 radical (unpaired) electrons. The largest absolute Gasteiger partial charge is 0.378 e. The molecule has 0 aromatic heterocycles. The van der Waals surface area contributed by atoms with Gasteiger partial charge in [-0.3, -0.25) is 9.10 Å². The summed E-state index contributed by atoms with van der Waals surface area (Å²) in [5.41, 5.74) is 0.219. The molecule has 0 heterocycles. The number of amides is 1. The lowest BCUT2D eigenvalue weighted by Gasteiger charge is -2.23. The van der Waals surface area contributed by atoms with E-state index in [1.54, 1.807) is 0 Å². The van der Waals surface area contributed by atoms with Gasteiger partial charge in [-0.15, -0.1) is 0 Å². The topological polar surface area (TPSA) is 113 Å². The average Bonchev–Trinajstić information content (AvgIpc) is 2.71. The van der Waals surface area contributed by atoms with E-state index in [1.165, 1.54) is 57.6 Å². The summed E-state index contributed by atoms with van der Waals surface area (Å²) < 4.78 is 56.6. The van der Waals surface area contributed by atoms with Gasteiger partial charge in [-0.1, -0.05) is 19.3 Å². The van der Waals surface area contributed by atoms with Crippen LogP contribution in [0.2, 0.25) is 0 Å². The van der Waals surface area contributed by atoms with Crippen LogP contribution in [0.15, 0.2) is 29.2 Å². The monoisotopic (exact) mass is 475 g/mol. The molecule has 0 atom stereocenters. The highest BCUT2D eigenvalue weighted by molar-refractivity contribution is 7.92. The van der Waals surface area contributed by atoms with Crippen LogP contribution < -0.4 is 9.62 Å². The molecule has 9 nitrogen and oxygen atoms in total. The summed E-state index contributed by atoms with van der Waals surface area (Å²) in [6.07, 6.45) is 7.80. The zero-order chi connectivity index (χ0) is 23.1. The lowest BCUT2D eigenvalue weighted by atomic mass is 9.98. The standard InChI is InChI=1S/C20H33N3O6S2/c1-22(2)31(27,28)19-12-10-17(11-13-19)23(30(3,25)26)16-20(24)21-14-7-15-29-18-8-5-4-6-9-18/h10-13,18H,4-9,14-16H2,1-3H3,(H,21,24). The maximum Gasteiger partial charge on any atom is 0.242 e. The molecule has 31 heavy (non-hydrogen) atoms. The quantitative estimate of drug-likeness (QED) is 0.486. The third kappa shape index (κ3) is 7.74. The first-order valence-corrected chi connectivity index (χ1v) is 13.7. The number of carbonyl (C=O) groups excluding carboxylic acids is 1. The second kappa shape index (κ2) is 11.3. The molecule has 0 spiro atoms. The normalized spacial score (nSPS) is 15.7. The van der Waals surface area contributed by atoms with E-state index >= 15 is 0 Å². The number of hydrogen-bond donors (Lipinski definition) is 1. The highest BCUT2D eigenvalue weighted by atomic mass is 32.2. The molecule has 0 aliphatic heterocycles. The first kappa shape index (κ1) is 25.6. The highest BCUT2D eigenvalue weighted by Crippen LogP contribution is 2.22. The summed E-state index contributed by atoms with van der Waals surface area (Å²) in [6.45, 7) is 0.563. The van der Waals surface area contributed by atoms with E-state index in [4.69, 9.17) is 4.74 Å². The van der Waals surface area contributed by atoms with Crippen molar-refractivity contribution in [2.24, 2.45) is 0 Å². The minimum absolute atomic E-state index is 0.0390. The van der Waals surface area contributed by atoms with E-state index in [0.717, 1.165) is 27.7 Å². The molecule has 1 saturated carbocycles. The van der Waals surface area contributed by atoms with Crippen molar-refractivity contribution in [2.45, 2.75) is 49.5 Å². The summed E-state index contributed by atoms with van der Waals surface area (Å²) >= 11 is 0. The van der Waals surface area contributed by atoms with Crippen LogP contribution in [0.5, 0.6) is 0 Å². The third-order valence-corrected chi connectivity index (χ3v) is 8.11. The Hall–Kier alpha value is -1.69. The van der Waals surface area contributed by atoms with E-state index in [0.29, 0.717) is 25.7 Å². The summed E-state index contributed by atoms with van der Waals surface area (Å²) in [6, 6.07) is 5.40. The number of carbonyl (C=O) groups is 1. The van der Waals surface area contributed by atoms with Gasteiger partial charge in [0.15, 0.2) is 0 Å². The highest BCUT2D eigenvalue weighted by Gasteiger charge is 2.23. The lowest BCUT2D eigenvalue weighted by molar-refractivity contribution is -0.119. The minimum Gasteiger partial charge on any atom is -0.378 e. The van der Waals surface area contributed by atoms with Crippen LogP contribution in [0.1, 0.15) is 38.5 Å². The molecule has 1 aliphatic rings. The van der Waals surface area contributed by atoms with Crippen LogP contribution in [0.3, 0.4) is 0 Å². The summed E-state index contributed by atoms with van der Waals surface area (Å²) in [5.74, 6) is -0.437. The summed E-state index contributed by atoms with van der Waals surface area (Å²) in [7, 11) is -4.54. The Bertz CT molecular complexity index is 924. The van der Waals surface area contributed by atoms with Crippen molar-refractivity contribution in [1.29, 1.82) is 0 Å². The Kier molecular flexibility index (Phi) is 9.28. The zero-order valence-corrected chi connectivity index (χ0v) is 20.0. The Labute approximate surface area is 185 Å². The SMILES string of the molecule is CN(C)S(=O)(=O)c1ccc(N(CC(=O)NCCCOC2CCCCC2)S(C)(=O)=O)cc1. The van der Waals surface area contributed by atoms with Crippen molar-refractivity contribution in [2.75, 3.05) is 44.4 Å². The maximum atomic E-state index is 12.3. The van der Waals surface area contributed by atoms with Crippen LogP contribution in [-0.4, -0.2) is 73.2 Å². The summed E-state index contributed by atoms with van der Waals surface area (Å²) in [5, 5.41) is 2.72. The van der Waals surface area contributed by atoms with Crippen LogP contribution in [0, 0.1) is 0 Å². The molecule has 11 heteroatoms. The van der Waals surface area contributed by atoms with Crippen LogP contribution in [0.4, 0.5) is 5.69 Å². The van der Waals surface area contributed by atoms with Crippen LogP contribution in [0.25, 0.3) is 0 Å². The molecular weight excluding hydrogens is 442 g/mol. The van der Waals surface area contributed by atoms with Crippen molar-refractivity contribution in [1.82, 2.24) is 9.62 Å². The Morgan fingerprint density at radius 2 is 1.68 bits per heavy atom. The van der Waals surface area contributed by atoms with Crippen LogP contribution >= 0.6 is 0 Å². The number of anilines is 1. The van der Waals surface area contributed by atoms with Gasteiger partial charge in [-0.05, 0) is 43.5 Å². The number of nitrogens with one attached hydrogen (secondary N) is 1. The van der Waals surface area contributed by atoms with Gasteiger partial charge in [0.25, 0.3) is 0 Å². The fourth-order valence-corrected chi connectivity index (χ4v) is 5.12. The first-order valence-electron chi connectivity index (χ1n) is 10.4. The van der Waals surface area contributed by atoms with Gasteiger partial charge in [0.2, 0.25) is 26.0 Å². The second-order valence-electron chi connectivity index (χ2n) is 7.89. The predicted molar refractivity (Wildman–Crippen MR) is 120 cm³/mol. The zero-order valence-electron chi connectivity index (χ0n) is 18.4. The van der Waals surface area contributed by atoms with Crippen molar-refractivity contribution in [3.05, 3.63) is 24.3 Å². The fourth-order valence-electron chi connectivity index (χ4n) is 3.36. The molecule has 1 aromatic carbocycles. The molecule has 2 rings (SSSR count). The van der Waals surface area contributed by atoms with Gasteiger partial charge >= 0.3 is 0 Å². The van der Waals surface area contributed by atoms with E-state index in [-0.39, 0.29) is 17.1 Å². The number of hydrogen-bond acceptors (Lipinski definition) is 6. The van der Waals surface area contributed by atoms with Gasteiger partial charge in [0, 0.05) is 27.2 Å². The lowest BCUT2D eigenvalue weighted by Crippen LogP contribution is -2.40. The average molecular weight is 476 g/mol. The number of nitrogens with zero attached hydrogens (tertiary/aromatic N) is 2. The van der Waals surface area contributed by atoms with Crippen molar-refractivity contribution in [3.8, 4) is 0 Å². The molecule has 1 aliphatic carbocycles. The molecule has 1 amide bonds. The predicted octanol–water partition coefficient (Wildman–Crippen LogP) is 1.56. The van der Waals surface area contributed by atoms with Crippen molar-refractivity contribution >= 4 is 31.6 Å². The van der Waals surface area contributed by atoms with Gasteiger partial charge in [0.1, 0.15) is 6.54 Å². The minimum atomic E-state index is -3.74. The first-order chi connectivity index (χ1) is 14.5. The second-order valence-corrected chi connectivity index (χ2v) is 11.9. The van der Waals surface area contributed by atoms with Crippen molar-refractivity contribution < 1.29 is 26.4 Å². The number of rotatable bonds is 11. The van der Waals surface area contributed by atoms with Gasteiger partial charge in [0.05, 0.1) is 22.9 Å². The fraction of sp³-hybridized carbons (Fsp3) is 0.650. The Balaban J connectivity index is 1.90. The molecule has 1 fully saturated rings. The Morgan fingerprint density at radius 3 is 2.23 bits per heavy atom. The number of benzene rings is 1. The van der Waals surface area contributed by atoms with E-state index < -0.39 is 26.0 Å². The Morgan fingerprint density at radius 1 is 1.06 bits per heavy atom. The molecular formula is C20H33N3O6S2. The van der Waals surface area contributed by atoms with Gasteiger partial charge < -0.3 is 10.1 Å². The molecule has 0 saturated heterocycles. The van der Waals surface area contributed by atoms with E-state index in [1.807, 2.05) is 0 Å². The number of ether oxygens (including phenoxy) is 1. The summed E-state index contributed by atoms with van der Waals surface area (Å²) in [4.78, 5) is 12.3. The molecule has 1 aromatic rings. The van der Waals surface area contributed by atoms with Crippen molar-refractivity contribution in [3.63, 3.8) is 0 Å². The van der Waals surface area contributed by atoms with Crippen LogP contribution in [-0.2, 0) is 29.6 Å². The molecule has 0 unspecified atom stereocenters.